The van der Waals surface area contributed by atoms with Crippen molar-refractivity contribution >= 4 is 15.7 Å². The molecule has 3 N–H and O–H groups in total. The van der Waals surface area contributed by atoms with E-state index in [1.807, 2.05) is 13.8 Å². The lowest BCUT2D eigenvalue weighted by atomic mass is 9.81. The van der Waals surface area contributed by atoms with Crippen LogP contribution in [0, 0.1) is 11.3 Å². The first-order valence-electron chi connectivity index (χ1n) is 6.01. The molecule has 4 nitrogen and oxygen atoms in total. The molecule has 1 aromatic carbocycles. The Morgan fingerprint density at radius 3 is 2.33 bits per heavy atom. The SMILES string of the molecule is CC(C)C(C)(C)CNS(=O)(=O)c1ccccc1N. The Labute approximate surface area is 110 Å². The monoisotopic (exact) mass is 270 g/mol. The van der Waals surface area contributed by atoms with Crippen molar-refractivity contribution in [1.29, 1.82) is 0 Å². The van der Waals surface area contributed by atoms with Crippen LogP contribution in [0.15, 0.2) is 29.2 Å². The van der Waals surface area contributed by atoms with E-state index in [0.29, 0.717) is 12.5 Å². The van der Waals surface area contributed by atoms with Gasteiger partial charge in [-0.05, 0) is 23.5 Å². The minimum absolute atomic E-state index is 0.101. The summed E-state index contributed by atoms with van der Waals surface area (Å²) >= 11 is 0. The fourth-order valence-corrected chi connectivity index (χ4v) is 2.64. The van der Waals surface area contributed by atoms with E-state index in [2.05, 4.69) is 18.6 Å². The third kappa shape index (κ3) is 3.46. The first-order chi connectivity index (χ1) is 8.17. The average molecular weight is 270 g/mol. The molecule has 0 unspecified atom stereocenters. The number of para-hydroxylation sites is 1. The molecule has 0 saturated heterocycles. The van der Waals surface area contributed by atoms with Gasteiger partial charge in [0.15, 0.2) is 0 Å². The van der Waals surface area contributed by atoms with Crippen LogP contribution in [0.4, 0.5) is 5.69 Å². The summed E-state index contributed by atoms with van der Waals surface area (Å²) in [6.07, 6.45) is 0. The predicted octanol–water partition coefficient (Wildman–Crippen LogP) is 2.23. The Morgan fingerprint density at radius 2 is 1.83 bits per heavy atom. The lowest BCUT2D eigenvalue weighted by Gasteiger charge is -2.29. The summed E-state index contributed by atoms with van der Waals surface area (Å²) in [6, 6.07) is 6.48. The van der Waals surface area contributed by atoms with Crippen molar-refractivity contribution in [3.63, 3.8) is 0 Å². The normalized spacial score (nSPS) is 12.9. The molecule has 1 aromatic rings. The molecule has 5 heteroatoms. The summed E-state index contributed by atoms with van der Waals surface area (Å²) in [5.74, 6) is 0.383. The Hall–Kier alpha value is -1.07. The van der Waals surface area contributed by atoms with Crippen LogP contribution < -0.4 is 10.5 Å². The van der Waals surface area contributed by atoms with Crippen LogP contribution in [0.25, 0.3) is 0 Å². The van der Waals surface area contributed by atoms with E-state index in [1.165, 1.54) is 6.07 Å². The van der Waals surface area contributed by atoms with Gasteiger partial charge in [0, 0.05) is 6.54 Å². The number of nitrogens with two attached hydrogens (primary N) is 1. The van der Waals surface area contributed by atoms with Crippen LogP contribution in [0.3, 0.4) is 0 Å². The maximum Gasteiger partial charge on any atom is 0.242 e. The molecule has 18 heavy (non-hydrogen) atoms. The minimum atomic E-state index is -3.53. The van der Waals surface area contributed by atoms with E-state index in [0.717, 1.165) is 0 Å². The smallest absolute Gasteiger partial charge is 0.242 e. The predicted molar refractivity (Wildman–Crippen MR) is 74.7 cm³/mol. The summed E-state index contributed by atoms with van der Waals surface area (Å²) < 4.78 is 26.9. The van der Waals surface area contributed by atoms with Gasteiger partial charge in [-0.2, -0.15) is 0 Å². The standard InChI is InChI=1S/C13H22N2O2S/c1-10(2)13(3,4)9-15-18(16,17)12-8-6-5-7-11(12)14/h5-8,10,15H,9,14H2,1-4H3. The van der Waals surface area contributed by atoms with E-state index in [-0.39, 0.29) is 16.0 Å². The highest BCUT2D eigenvalue weighted by atomic mass is 32.2. The summed E-state index contributed by atoms with van der Waals surface area (Å²) in [5, 5.41) is 0. The second kappa shape index (κ2) is 5.28. The van der Waals surface area contributed by atoms with Crippen molar-refractivity contribution in [2.75, 3.05) is 12.3 Å². The van der Waals surface area contributed by atoms with Crippen LogP contribution in [0.2, 0.25) is 0 Å². The molecule has 0 aliphatic rings. The molecule has 0 aromatic heterocycles. The third-order valence-corrected chi connectivity index (χ3v) is 4.96. The minimum Gasteiger partial charge on any atom is -0.398 e. The number of anilines is 1. The molecule has 0 bridgehead atoms. The molecule has 0 radical (unpaired) electrons. The molecule has 0 aliphatic heterocycles. The summed E-state index contributed by atoms with van der Waals surface area (Å²) in [6.45, 7) is 8.61. The van der Waals surface area contributed by atoms with Gasteiger partial charge in [0.25, 0.3) is 0 Å². The van der Waals surface area contributed by atoms with Gasteiger partial charge < -0.3 is 5.73 Å². The first-order valence-corrected chi connectivity index (χ1v) is 7.49. The van der Waals surface area contributed by atoms with E-state index >= 15 is 0 Å². The van der Waals surface area contributed by atoms with Crippen LogP contribution in [-0.2, 0) is 10.0 Å². The van der Waals surface area contributed by atoms with Crippen molar-refractivity contribution in [3.05, 3.63) is 24.3 Å². The fraction of sp³-hybridized carbons (Fsp3) is 0.538. The van der Waals surface area contributed by atoms with Gasteiger partial charge in [-0.1, -0.05) is 39.8 Å². The molecule has 0 fully saturated rings. The molecule has 0 heterocycles. The lowest BCUT2D eigenvalue weighted by Crippen LogP contribution is -2.37. The van der Waals surface area contributed by atoms with Crippen LogP contribution in [0.1, 0.15) is 27.7 Å². The van der Waals surface area contributed by atoms with Gasteiger partial charge in [-0.3, -0.25) is 0 Å². The van der Waals surface area contributed by atoms with E-state index in [1.54, 1.807) is 18.2 Å². The van der Waals surface area contributed by atoms with Crippen molar-refractivity contribution in [2.45, 2.75) is 32.6 Å². The molecule has 0 atom stereocenters. The van der Waals surface area contributed by atoms with Crippen molar-refractivity contribution < 1.29 is 8.42 Å². The fourth-order valence-electron chi connectivity index (χ4n) is 1.29. The Kier molecular flexibility index (Phi) is 4.40. The lowest BCUT2D eigenvalue weighted by molar-refractivity contribution is 0.252. The molecule has 0 amide bonds. The summed E-state index contributed by atoms with van der Waals surface area (Å²) in [4.78, 5) is 0.143. The summed E-state index contributed by atoms with van der Waals surface area (Å²) in [5.41, 5.74) is 5.86. The maximum atomic E-state index is 12.1. The zero-order chi connectivity index (χ0) is 14.0. The molecular weight excluding hydrogens is 248 g/mol. The Morgan fingerprint density at radius 1 is 1.28 bits per heavy atom. The third-order valence-electron chi connectivity index (χ3n) is 3.49. The second-order valence-corrected chi connectivity index (χ2v) is 7.24. The van der Waals surface area contributed by atoms with Crippen molar-refractivity contribution in [2.24, 2.45) is 11.3 Å². The molecule has 0 spiro atoms. The van der Waals surface area contributed by atoms with E-state index in [9.17, 15) is 8.42 Å². The van der Waals surface area contributed by atoms with Crippen molar-refractivity contribution in [1.82, 2.24) is 4.72 Å². The van der Waals surface area contributed by atoms with Crippen LogP contribution >= 0.6 is 0 Å². The molecular formula is C13H22N2O2S. The highest BCUT2D eigenvalue weighted by Gasteiger charge is 2.26. The van der Waals surface area contributed by atoms with Gasteiger partial charge >= 0.3 is 0 Å². The van der Waals surface area contributed by atoms with Crippen molar-refractivity contribution in [3.8, 4) is 0 Å². The average Bonchev–Trinajstić information content (AvgIpc) is 2.27. The van der Waals surface area contributed by atoms with E-state index in [4.69, 9.17) is 5.73 Å². The quantitative estimate of drug-likeness (QED) is 0.806. The Bertz CT molecular complexity index is 507. The molecule has 102 valence electrons. The van der Waals surface area contributed by atoms with Gasteiger partial charge in [-0.15, -0.1) is 0 Å². The molecule has 0 aliphatic carbocycles. The number of benzene rings is 1. The molecule has 0 saturated carbocycles. The number of hydrogen-bond donors (Lipinski definition) is 2. The van der Waals surface area contributed by atoms with Gasteiger partial charge in [0.1, 0.15) is 4.90 Å². The molecule has 1 rings (SSSR count). The maximum absolute atomic E-state index is 12.1. The summed E-state index contributed by atoms with van der Waals surface area (Å²) in [7, 11) is -3.53. The number of nitrogens with one attached hydrogen (secondary N) is 1. The highest BCUT2D eigenvalue weighted by molar-refractivity contribution is 7.89. The topological polar surface area (TPSA) is 72.2 Å². The van der Waals surface area contributed by atoms with Gasteiger partial charge in [-0.25, -0.2) is 13.1 Å². The second-order valence-electron chi connectivity index (χ2n) is 5.51. The zero-order valence-electron chi connectivity index (χ0n) is 11.4. The number of nitrogen functional groups attached to an aromatic ring is 1. The van der Waals surface area contributed by atoms with Crippen LogP contribution in [-0.4, -0.2) is 15.0 Å². The van der Waals surface area contributed by atoms with E-state index < -0.39 is 10.0 Å². The zero-order valence-corrected chi connectivity index (χ0v) is 12.2. The largest absolute Gasteiger partial charge is 0.398 e. The number of hydrogen-bond acceptors (Lipinski definition) is 3. The van der Waals surface area contributed by atoms with Crippen LogP contribution in [0.5, 0.6) is 0 Å². The number of sulfonamides is 1. The highest BCUT2D eigenvalue weighted by Crippen LogP contribution is 2.26. The van der Waals surface area contributed by atoms with Gasteiger partial charge in [0.2, 0.25) is 10.0 Å². The number of rotatable bonds is 5. The first kappa shape index (κ1) is 15.0. The van der Waals surface area contributed by atoms with Gasteiger partial charge in [0.05, 0.1) is 5.69 Å². The Balaban J connectivity index is 2.88.